The van der Waals surface area contributed by atoms with Crippen LogP contribution in [0.25, 0.3) is 44.5 Å². The molecule has 0 aliphatic carbocycles. The molecule has 148 valence electrons. The van der Waals surface area contributed by atoms with Crippen molar-refractivity contribution in [1.29, 1.82) is 0 Å². The van der Waals surface area contributed by atoms with Crippen molar-refractivity contribution in [3.63, 3.8) is 0 Å². The van der Waals surface area contributed by atoms with Gasteiger partial charge in [0, 0.05) is 33.8 Å². The Balaban J connectivity index is 1.80. The molecule has 3 heteroatoms. The lowest BCUT2D eigenvalue weighted by Gasteiger charge is -2.12. The number of hydrogen-bond acceptors (Lipinski definition) is 3. The molecule has 2 aromatic carbocycles. The van der Waals surface area contributed by atoms with E-state index in [4.69, 9.17) is 14.4 Å². The second-order valence-electron chi connectivity index (χ2n) is 8.25. The molecule has 0 N–H and O–H groups in total. The SMILES string of the molecule is Cc1ccc(-c2cccnc2-c2c(C)ccc3c2oc2nc(C(C)C)ccc23)cc1. The minimum atomic E-state index is 0.354. The molecule has 0 radical (unpaired) electrons. The van der Waals surface area contributed by atoms with Gasteiger partial charge in [-0.2, -0.15) is 0 Å². The van der Waals surface area contributed by atoms with E-state index in [0.29, 0.717) is 11.6 Å². The van der Waals surface area contributed by atoms with Crippen LogP contribution in [0.1, 0.15) is 36.6 Å². The van der Waals surface area contributed by atoms with Crippen LogP contribution in [0.5, 0.6) is 0 Å². The van der Waals surface area contributed by atoms with Crippen molar-refractivity contribution in [3.8, 4) is 22.4 Å². The van der Waals surface area contributed by atoms with Gasteiger partial charge in [0.2, 0.25) is 5.71 Å². The van der Waals surface area contributed by atoms with E-state index < -0.39 is 0 Å². The van der Waals surface area contributed by atoms with Crippen molar-refractivity contribution in [2.75, 3.05) is 0 Å². The number of hydrogen-bond donors (Lipinski definition) is 0. The Kier molecular flexibility index (Phi) is 4.39. The normalized spacial score (nSPS) is 11.6. The molecular weight excluding hydrogens is 368 g/mol. The van der Waals surface area contributed by atoms with Crippen LogP contribution in [0, 0.1) is 13.8 Å². The van der Waals surface area contributed by atoms with Gasteiger partial charge in [-0.3, -0.25) is 4.98 Å². The second-order valence-corrected chi connectivity index (χ2v) is 8.25. The number of aromatic nitrogens is 2. The molecule has 0 spiro atoms. The Hall–Kier alpha value is -3.46. The zero-order valence-corrected chi connectivity index (χ0v) is 17.7. The monoisotopic (exact) mass is 392 g/mol. The third kappa shape index (κ3) is 2.98. The minimum absolute atomic E-state index is 0.354. The van der Waals surface area contributed by atoms with Gasteiger partial charge in [0.05, 0.1) is 5.69 Å². The number of fused-ring (bicyclic) bond motifs is 3. The minimum Gasteiger partial charge on any atom is -0.437 e. The van der Waals surface area contributed by atoms with Gasteiger partial charge >= 0.3 is 0 Å². The van der Waals surface area contributed by atoms with Crippen molar-refractivity contribution in [2.45, 2.75) is 33.6 Å². The summed E-state index contributed by atoms with van der Waals surface area (Å²) in [7, 11) is 0. The summed E-state index contributed by atoms with van der Waals surface area (Å²) in [6.45, 7) is 8.51. The summed E-state index contributed by atoms with van der Waals surface area (Å²) in [5.74, 6) is 0.354. The predicted molar refractivity (Wildman–Crippen MR) is 124 cm³/mol. The highest BCUT2D eigenvalue weighted by Crippen LogP contribution is 2.40. The predicted octanol–water partition coefficient (Wildman–Crippen LogP) is 7.45. The first kappa shape index (κ1) is 18.6. The van der Waals surface area contributed by atoms with Crippen LogP contribution < -0.4 is 0 Å². The Morgan fingerprint density at radius 2 is 1.60 bits per heavy atom. The molecule has 5 aromatic rings. The maximum Gasteiger partial charge on any atom is 0.227 e. The molecular formula is C27H24N2O. The Labute approximate surface area is 176 Å². The van der Waals surface area contributed by atoms with E-state index in [1.807, 2.05) is 12.3 Å². The lowest BCUT2D eigenvalue weighted by molar-refractivity contribution is 0.648. The summed E-state index contributed by atoms with van der Waals surface area (Å²) in [5, 5.41) is 2.12. The molecule has 0 unspecified atom stereocenters. The lowest BCUT2D eigenvalue weighted by atomic mass is 9.94. The standard InChI is InChI=1S/C27H24N2O/c1-16(2)23-14-13-22-21-12-9-18(4)24(26(21)30-27(22)29-23)25-20(6-5-15-28-25)19-10-7-17(3)8-11-19/h5-16H,1-4H3. The van der Waals surface area contributed by atoms with Gasteiger partial charge in [-0.05, 0) is 49.1 Å². The molecule has 0 aliphatic heterocycles. The fourth-order valence-electron chi connectivity index (χ4n) is 4.02. The van der Waals surface area contributed by atoms with E-state index in [0.717, 1.165) is 50.0 Å². The first-order valence-corrected chi connectivity index (χ1v) is 10.4. The van der Waals surface area contributed by atoms with Crippen molar-refractivity contribution in [3.05, 3.63) is 83.7 Å². The maximum absolute atomic E-state index is 6.37. The van der Waals surface area contributed by atoms with Gasteiger partial charge in [-0.1, -0.05) is 61.9 Å². The van der Waals surface area contributed by atoms with Gasteiger partial charge in [0.1, 0.15) is 5.58 Å². The number of pyridine rings is 2. The molecule has 0 bridgehead atoms. The first-order valence-electron chi connectivity index (χ1n) is 10.4. The first-order chi connectivity index (χ1) is 14.5. The van der Waals surface area contributed by atoms with Crippen LogP contribution in [-0.4, -0.2) is 9.97 Å². The molecule has 0 atom stereocenters. The van der Waals surface area contributed by atoms with Crippen LogP contribution in [0.3, 0.4) is 0 Å². The number of aryl methyl sites for hydroxylation is 2. The molecule has 3 aromatic heterocycles. The number of furan rings is 1. The Morgan fingerprint density at radius 3 is 2.37 bits per heavy atom. The second kappa shape index (κ2) is 7.10. The van der Waals surface area contributed by atoms with E-state index in [1.54, 1.807) is 0 Å². The van der Waals surface area contributed by atoms with Crippen LogP contribution in [0.15, 0.2) is 71.3 Å². The molecule has 30 heavy (non-hydrogen) atoms. The highest BCUT2D eigenvalue weighted by atomic mass is 16.3. The topological polar surface area (TPSA) is 38.9 Å². The highest BCUT2D eigenvalue weighted by molar-refractivity contribution is 6.10. The molecule has 0 fully saturated rings. The van der Waals surface area contributed by atoms with Gasteiger partial charge in [0.15, 0.2) is 0 Å². The lowest BCUT2D eigenvalue weighted by Crippen LogP contribution is -1.92. The van der Waals surface area contributed by atoms with Crippen LogP contribution in [0.2, 0.25) is 0 Å². The zero-order valence-electron chi connectivity index (χ0n) is 17.7. The molecule has 3 nitrogen and oxygen atoms in total. The van der Waals surface area contributed by atoms with Crippen molar-refractivity contribution in [2.24, 2.45) is 0 Å². The fraction of sp³-hybridized carbons (Fsp3) is 0.185. The van der Waals surface area contributed by atoms with Gasteiger partial charge in [0.25, 0.3) is 0 Å². The third-order valence-corrected chi connectivity index (χ3v) is 5.74. The summed E-state index contributed by atoms with van der Waals surface area (Å²) in [6.07, 6.45) is 1.85. The van der Waals surface area contributed by atoms with E-state index in [2.05, 4.69) is 82.3 Å². The average molecular weight is 393 g/mol. The van der Waals surface area contributed by atoms with Crippen LogP contribution in [0.4, 0.5) is 0 Å². The third-order valence-electron chi connectivity index (χ3n) is 5.74. The van der Waals surface area contributed by atoms with E-state index in [1.165, 1.54) is 5.56 Å². The fourth-order valence-corrected chi connectivity index (χ4v) is 4.02. The van der Waals surface area contributed by atoms with Crippen molar-refractivity contribution in [1.82, 2.24) is 9.97 Å². The van der Waals surface area contributed by atoms with Crippen LogP contribution >= 0.6 is 0 Å². The van der Waals surface area contributed by atoms with Crippen LogP contribution in [-0.2, 0) is 0 Å². The summed E-state index contributed by atoms with van der Waals surface area (Å²) in [5.41, 5.74) is 9.19. The summed E-state index contributed by atoms with van der Waals surface area (Å²) < 4.78 is 6.37. The quantitative estimate of drug-likeness (QED) is 0.320. The van der Waals surface area contributed by atoms with Gasteiger partial charge < -0.3 is 4.42 Å². The van der Waals surface area contributed by atoms with Gasteiger partial charge in [-0.15, -0.1) is 0 Å². The zero-order chi connectivity index (χ0) is 20.8. The smallest absolute Gasteiger partial charge is 0.227 e. The highest BCUT2D eigenvalue weighted by Gasteiger charge is 2.19. The average Bonchev–Trinajstić information content (AvgIpc) is 3.12. The Bertz CT molecular complexity index is 1380. The van der Waals surface area contributed by atoms with E-state index in [9.17, 15) is 0 Å². The molecule has 0 saturated carbocycles. The summed E-state index contributed by atoms with van der Waals surface area (Å²) in [6, 6.07) is 21.2. The largest absolute Gasteiger partial charge is 0.437 e. The molecule has 0 saturated heterocycles. The summed E-state index contributed by atoms with van der Waals surface area (Å²) >= 11 is 0. The molecule has 0 amide bonds. The van der Waals surface area contributed by atoms with Crippen molar-refractivity contribution < 1.29 is 4.42 Å². The number of benzene rings is 2. The Morgan fingerprint density at radius 1 is 0.833 bits per heavy atom. The summed E-state index contributed by atoms with van der Waals surface area (Å²) in [4.78, 5) is 9.57. The molecule has 5 rings (SSSR count). The van der Waals surface area contributed by atoms with Gasteiger partial charge in [-0.25, -0.2) is 4.98 Å². The molecule has 0 aliphatic rings. The van der Waals surface area contributed by atoms with Crippen molar-refractivity contribution >= 4 is 22.1 Å². The molecule has 3 heterocycles. The van der Waals surface area contributed by atoms with E-state index >= 15 is 0 Å². The maximum atomic E-state index is 6.37. The number of rotatable bonds is 3. The van der Waals surface area contributed by atoms with E-state index in [-0.39, 0.29) is 0 Å². The number of nitrogens with zero attached hydrogens (tertiary/aromatic N) is 2.